The lowest BCUT2D eigenvalue weighted by atomic mass is 10.2. The van der Waals surface area contributed by atoms with Crippen LogP contribution in [0.5, 0.6) is 0 Å². The molecule has 0 N–H and O–H groups in total. The van der Waals surface area contributed by atoms with Crippen LogP contribution < -0.4 is 0 Å². The van der Waals surface area contributed by atoms with Gasteiger partial charge in [0, 0.05) is 15.5 Å². The summed E-state index contributed by atoms with van der Waals surface area (Å²) in [4.78, 5) is 0. The minimum absolute atomic E-state index is 1.11. The third-order valence-corrected chi connectivity index (χ3v) is 4.78. The summed E-state index contributed by atoms with van der Waals surface area (Å²) < 4.78 is 4.79. The van der Waals surface area contributed by atoms with E-state index in [1.807, 2.05) is 0 Å². The van der Waals surface area contributed by atoms with Gasteiger partial charge in [-0.25, -0.2) is 0 Å². The Bertz CT molecular complexity index is 874. The summed E-state index contributed by atoms with van der Waals surface area (Å²) in [5.41, 5.74) is 3.74. The van der Waals surface area contributed by atoms with Gasteiger partial charge in [-0.1, -0.05) is 40.2 Å². The molecule has 4 rings (SSSR count). The molecule has 2 aromatic carbocycles. The van der Waals surface area contributed by atoms with Crippen LogP contribution in [0.15, 0.2) is 64.5 Å². The lowest BCUT2D eigenvalue weighted by molar-refractivity contribution is 1.18. The molecule has 2 aromatic heterocycles. The highest BCUT2D eigenvalue weighted by molar-refractivity contribution is 9.10. The molecule has 1 nitrogen and oxygen atoms in total. The van der Waals surface area contributed by atoms with Crippen molar-refractivity contribution in [2.24, 2.45) is 0 Å². The first-order valence-corrected chi connectivity index (χ1v) is 7.74. The van der Waals surface area contributed by atoms with E-state index in [-0.39, 0.29) is 0 Å². The van der Waals surface area contributed by atoms with Gasteiger partial charge in [-0.05, 0) is 35.7 Å². The average molecular weight is 328 g/mol. The van der Waals surface area contributed by atoms with Gasteiger partial charge in [-0.3, -0.25) is 0 Å². The molecule has 0 radical (unpaired) electrons. The second-order valence-corrected chi connectivity index (χ2v) is 6.30. The van der Waals surface area contributed by atoms with Gasteiger partial charge in [-0.2, -0.15) is 0 Å². The zero-order valence-electron chi connectivity index (χ0n) is 10.0. The number of thiophene rings is 1. The van der Waals surface area contributed by atoms with E-state index >= 15 is 0 Å². The number of halogens is 1. The molecule has 0 atom stereocenters. The van der Waals surface area contributed by atoms with Crippen molar-refractivity contribution >= 4 is 48.4 Å². The van der Waals surface area contributed by atoms with Crippen molar-refractivity contribution in [3.8, 4) is 5.69 Å². The van der Waals surface area contributed by atoms with Gasteiger partial charge in [0.15, 0.2) is 0 Å². The first-order valence-electron chi connectivity index (χ1n) is 6.07. The number of hydrogen-bond donors (Lipinski definition) is 0. The number of nitrogens with zero attached hydrogens (tertiary/aromatic N) is 1. The maximum atomic E-state index is 3.57. The Morgan fingerprint density at radius 1 is 0.895 bits per heavy atom. The molecular weight excluding hydrogens is 318 g/mol. The summed E-state index contributed by atoms with van der Waals surface area (Å²) in [6.07, 6.45) is 0. The number of aromatic nitrogens is 1. The molecule has 0 bridgehead atoms. The third kappa shape index (κ3) is 1.66. The number of para-hydroxylation sites is 1. The molecule has 19 heavy (non-hydrogen) atoms. The van der Waals surface area contributed by atoms with Gasteiger partial charge in [0.05, 0.1) is 15.7 Å². The number of benzene rings is 2. The van der Waals surface area contributed by atoms with Gasteiger partial charge in [0.1, 0.15) is 0 Å². The van der Waals surface area contributed by atoms with E-state index in [0.717, 1.165) is 4.47 Å². The molecule has 0 amide bonds. The molecule has 0 saturated carbocycles. The summed E-state index contributed by atoms with van der Waals surface area (Å²) in [6, 6.07) is 19.2. The Balaban J connectivity index is 2.21. The topological polar surface area (TPSA) is 4.93 Å². The van der Waals surface area contributed by atoms with E-state index < -0.39 is 0 Å². The van der Waals surface area contributed by atoms with E-state index in [9.17, 15) is 0 Å². The van der Waals surface area contributed by atoms with Crippen LogP contribution in [0.3, 0.4) is 0 Å². The minimum Gasteiger partial charge on any atom is -0.308 e. The first kappa shape index (κ1) is 11.3. The third-order valence-electron chi connectivity index (χ3n) is 3.35. The summed E-state index contributed by atoms with van der Waals surface area (Å²) in [5.74, 6) is 0. The summed E-state index contributed by atoms with van der Waals surface area (Å²) in [5, 5.41) is 3.48. The summed E-state index contributed by atoms with van der Waals surface area (Å²) in [6.45, 7) is 0. The zero-order chi connectivity index (χ0) is 12.8. The second-order valence-electron chi connectivity index (χ2n) is 4.47. The van der Waals surface area contributed by atoms with E-state index in [1.165, 1.54) is 26.8 Å². The standard InChI is InChI=1S/C16H10BrNS/c17-11-6-7-13-15(10-11)18(12-4-2-1-3-5-12)14-8-9-19-16(13)14/h1-10H. The van der Waals surface area contributed by atoms with E-state index in [4.69, 9.17) is 0 Å². The van der Waals surface area contributed by atoms with Gasteiger partial charge in [0.2, 0.25) is 0 Å². The van der Waals surface area contributed by atoms with Gasteiger partial charge >= 0.3 is 0 Å². The Morgan fingerprint density at radius 2 is 1.74 bits per heavy atom. The molecule has 0 aliphatic rings. The molecule has 0 aliphatic carbocycles. The summed E-state index contributed by atoms with van der Waals surface area (Å²) >= 11 is 5.38. The highest BCUT2D eigenvalue weighted by atomic mass is 79.9. The fraction of sp³-hybridized carbons (Fsp3) is 0. The van der Waals surface area contributed by atoms with Gasteiger partial charge in [0.25, 0.3) is 0 Å². The number of hydrogen-bond acceptors (Lipinski definition) is 1. The Labute approximate surface area is 123 Å². The predicted octanol–water partition coefficient (Wildman–Crippen LogP) is 5.61. The van der Waals surface area contributed by atoms with Crippen LogP contribution in [-0.2, 0) is 0 Å². The van der Waals surface area contributed by atoms with Crippen LogP contribution in [0.2, 0.25) is 0 Å². The molecule has 3 heteroatoms. The maximum absolute atomic E-state index is 3.57. The van der Waals surface area contributed by atoms with Crippen molar-refractivity contribution in [1.29, 1.82) is 0 Å². The quantitative estimate of drug-likeness (QED) is 0.428. The second kappa shape index (κ2) is 4.22. The number of rotatable bonds is 1. The van der Waals surface area contributed by atoms with E-state index in [2.05, 4.69) is 80.5 Å². The molecular formula is C16H10BrNS. The van der Waals surface area contributed by atoms with Crippen LogP contribution in [-0.4, -0.2) is 4.57 Å². The highest BCUT2D eigenvalue weighted by Crippen LogP contribution is 2.36. The SMILES string of the molecule is Brc1ccc2c3sccc3n(-c3ccccc3)c2c1. The van der Waals surface area contributed by atoms with Gasteiger partial charge < -0.3 is 4.57 Å². The average Bonchev–Trinajstić information content (AvgIpc) is 2.99. The lowest BCUT2D eigenvalue weighted by Gasteiger charge is -2.06. The molecule has 0 aliphatic heterocycles. The predicted molar refractivity (Wildman–Crippen MR) is 86.4 cm³/mol. The zero-order valence-corrected chi connectivity index (χ0v) is 12.4. The van der Waals surface area contributed by atoms with Crippen molar-refractivity contribution in [3.05, 3.63) is 64.5 Å². The van der Waals surface area contributed by atoms with Crippen molar-refractivity contribution < 1.29 is 0 Å². The molecule has 4 aromatic rings. The molecule has 2 heterocycles. The minimum atomic E-state index is 1.11. The monoisotopic (exact) mass is 327 g/mol. The molecule has 0 saturated heterocycles. The Hall–Kier alpha value is -1.58. The van der Waals surface area contributed by atoms with Gasteiger partial charge in [-0.15, -0.1) is 11.3 Å². The van der Waals surface area contributed by atoms with Crippen molar-refractivity contribution in [2.45, 2.75) is 0 Å². The van der Waals surface area contributed by atoms with Crippen LogP contribution in [0, 0.1) is 0 Å². The van der Waals surface area contributed by atoms with Crippen molar-refractivity contribution in [3.63, 3.8) is 0 Å². The molecule has 92 valence electrons. The van der Waals surface area contributed by atoms with Crippen molar-refractivity contribution in [2.75, 3.05) is 0 Å². The molecule has 0 spiro atoms. The molecule has 0 unspecified atom stereocenters. The number of fused-ring (bicyclic) bond motifs is 3. The van der Waals surface area contributed by atoms with Crippen LogP contribution >= 0.6 is 27.3 Å². The van der Waals surface area contributed by atoms with E-state index in [1.54, 1.807) is 11.3 Å². The molecule has 0 fully saturated rings. The van der Waals surface area contributed by atoms with Crippen molar-refractivity contribution in [1.82, 2.24) is 4.57 Å². The fourth-order valence-corrected chi connectivity index (χ4v) is 3.81. The smallest absolute Gasteiger partial charge is 0.0648 e. The first-order chi connectivity index (χ1) is 9.34. The normalized spacial score (nSPS) is 11.4. The van der Waals surface area contributed by atoms with E-state index in [0.29, 0.717) is 0 Å². The lowest BCUT2D eigenvalue weighted by Crippen LogP contribution is -1.92. The Morgan fingerprint density at radius 3 is 2.58 bits per heavy atom. The summed E-state index contributed by atoms with van der Waals surface area (Å²) in [7, 11) is 0. The van der Waals surface area contributed by atoms with Crippen LogP contribution in [0.4, 0.5) is 0 Å². The Kier molecular flexibility index (Phi) is 2.50. The maximum Gasteiger partial charge on any atom is 0.0648 e. The fourth-order valence-electron chi connectivity index (χ4n) is 2.55. The van der Waals surface area contributed by atoms with Crippen LogP contribution in [0.1, 0.15) is 0 Å². The largest absolute Gasteiger partial charge is 0.308 e. The van der Waals surface area contributed by atoms with Crippen LogP contribution in [0.25, 0.3) is 26.8 Å². The highest BCUT2D eigenvalue weighted by Gasteiger charge is 2.12.